The van der Waals surface area contributed by atoms with E-state index in [0.717, 1.165) is 23.5 Å². The normalized spacial score (nSPS) is 17.2. The summed E-state index contributed by atoms with van der Waals surface area (Å²) in [5.41, 5.74) is 0.425. The lowest BCUT2D eigenvalue weighted by molar-refractivity contribution is -0.126. The van der Waals surface area contributed by atoms with E-state index in [-0.39, 0.29) is 47.3 Å². The number of ether oxygens (including phenoxy) is 1. The third-order valence-electron chi connectivity index (χ3n) is 6.68. The fourth-order valence-corrected chi connectivity index (χ4v) is 5.84. The van der Waals surface area contributed by atoms with E-state index < -0.39 is 36.5 Å². The number of carbonyl (C=O) groups excluding carboxylic acids is 1. The van der Waals surface area contributed by atoms with Gasteiger partial charge >= 0.3 is 12.9 Å². The minimum absolute atomic E-state index is 0.0286. The van der Waals surface area contributed by atoms with E-state index in [1.54, 1.807) is 18.2 Å². The number of hydrogen-bond donors (Lipinski definition) is 3. The Balaban J connectivity index is 1.62. The van der Waals surface area contributed by atoms with Crippen molar-refractivity contribution in [1.29, 1.82) is 0 Å². The molecule has 3 aromatic rings. The van der Waals surface area contributed by atoms with Crippen LogP contribution in [-0.2, 0) is 6.42 Å². The lowest BCUT2D eigenvalue weighted by Gasteiger charge is -2.33. The number of thiophene rings is 1. The molecule has 2 heterocycles. The number of anilines is 2. The molecule has 3 N–H and O–H groups in total. The Labute approximate surface area is 243 Å². The Hall–Kier alpha value is -4.07. The molecule has 0 saturated carbocycles. The van der Waals surface area contributed by atoms with Crippen molar-refractivity contribution in [3.05, 3.63) is 63.6 Å². The molecule has 0 bridgehead atoms. The van der Waals surface area contributed by atoms with Crippen LogP contribution in [-0.4, -0.2) is 69.7 Å². The van der Waals surface area contributed by atoms with Crippen molar-refractivity contribution in [2.24, 2.45) is 0 Å². The van der Waals surface area contributed by atoms with Crippen LogP contribution in [0.2, 0.25) is 0 Å². The maximum atomic E-state index is 14.7. The van der Waals surface area contributed by atoms with Crippen molar-refractivity contribution >= 4 is 38.7 Å². The maximum absolute atomic E-state index is 14.7. The molecule has 4 rings (SSSR count). The summed E-state index contributed by atoms with van der Waals surface area (Å²) in [6.07, 6.45) is -6.24. The van der Waals surface area contributed by atoms with Gasteiger partial charge in [-0.05, 0) is 36.6 Å². The molecule has 0 spiro atoms. The van der Waals surface area contributed by atoms with Gasteiger partial charge in [-0.3, -0.25) is 9.64 Å². The number of hydrogen-bond acceptors (Lipinski definition) is 6. The molecule has 13 heteroatoms. The van der Waals surface area contributed by atoms with Gasteiger partial charge in [0.25, 0.3) is 5.91 Å². The number of amides is 1. The largest absolute Gasteiger partial charge is 0.424 e. The van der Waals surface area contributed by atoms with Crippen molar-refractivity contribution in [2.45, 2.75) is 31.2 Å². The van der Waals surface area contributed by atoms with Gasteiger partial charge in [0.2, 0.25) is 0 Å². The molecular weight excluding hydrogens is 577 g/mol. The number of nitrogens with zero attached hydrogens (tertiary/aromatic N) is 2. The Morgan fingerprint density at radius 2 is 2.07 bits per heavy atom. The summed E-state index contributed by atoms with van der Waals surface area (Å²) in [5, 5.41) is 8.75. The second kappa shape index (κ2) is 13.3. The molecule has 222 valence electrons. The van der Waals surface area contributed by atoms with Gasteiger partial charge in [0.05, 0.1) is 45.5 Å². The van der Waals surface area contributed by atoms with Crippen LogP contribution in [0.4, 0.5) is 33.3 Å². The Kier molecular flexibility index (Phi) is 9.76. The zero-order valence-corrected chi connectivity index (χ0v) is 23.6. The summed E-state index contributed by atoms with van der Waals surface area (Å²) in [7, 11) is 3.18. The highest BCUT2D eigenvalue weighted by Crippen LogP contribution is 2.39. The third kappa shape index (κ3) is 7.41. The van der Waals surface area contributed by atoms with Crippen molar-refractivity contribution in [1.82, 2.24) is 10.2 Å². The zero-order chi connectivity index (χ0) is 30.4. The number of rotatable bonds is 8. The first-order chi connectivity index (χ1) is 20.0. The van der Waals surface area contributed by atoms with Gasteiger partial charge in [0, 0.05) is 26.2 Å². The predicted molar refractivity (Wildman–Crippen MR) is 153 cm³/mol. The van der Waals surface area contributed by atoms with Crippen molar-refractivity contribution in [2.75, 3.05) is 51.1 Å². The number of benzene rings is 2. The lowest BCUT2D eigenvalue weighted by Crippen LogP contribution is -2.46. The van der Waals surface area contributed by atoms with Crippen LogP contribution in [0.15, 0.2) is 30.3 Å². The molecule has 1 aromatic heterocycles. The summed E-state index contributed by atoms with van der Waals surface area (Å²) in [4.78, 5) is 17.1. The van der Waals surface area contributed by atoms with Crippen LogP contribution in [0, 0.1) is 24.2 Å². The minimum Gasteiger partial charge on any atom is -0.424 e. The highest BCUT2D eigenvalue weighted by Gasteiger charge is 2.32. The molecule has 2 unspecified atom stereocenters. The number of alkyl halides is 4. The molecule has 42 heavy (non-hydrogen) atoms. The molecule has 0 radical (unpaired) electrons. The van der Waals surface area contributed by atoms with Gasteiger partial charge in [0.15, 0.2) is 5.75 Å². The second-order valence-electron chi connectivity index (χ2n) is 9.70. The van der Waals surface area contributed by atoms with E-state index in [2.05, 4.69) is 32.6 Å². The SMILES string of the molecule is [C-]#[N+]COc1cc(C(=O)NC)c(F)cc1NCC#Cc1sc2c(NC3CCN(C)CC3F)cccc2c1CC(F)(F)F. The fraction of sp³-hybridized carbons (Fsp3) is 0.379. The molecular formula is C29H28F5N5O2S. The van der Waals surface area contributed by atoms with E-state index >= 15 is 0 Å². The average molecular weight is 606 g/mol. The highest BCUT2D eigenvalue weighted by atomic mass is 32.1. The van der Waals surface area contributed by atoms with Crippen molar-refractivity contribution < 1.29 is 31.5 Å². The van der Waals surface area contributed by atoms with E-state index in [1.165, 1.54) is 7.05 Å². The summed E-state index contributed by atoms with van der Waals surface area (Å²) >= 11 is 1.09. The maximum Gasteiger partial charge on any atom is 0.393 e. The molecule has 1 aliphatic rings. The number of halogens is 5. The third-order valence-corrected chi connectivity index (χ3v) is 7.87. The van der Waals surface area contributed by atoms with Gasteiger partial charge in [-0.25, -0.2) is 15.4 Å². The number of carbonyl (C=O) groups is 1. The molecule has 2 aromatic carbocycles. The Bertz CT molecular complexity index is 1560. The van der Waals surface area contributed by atoms with Gasteiger partial charge in [-0.2, -0.15) is 13.2 Å². The average Bonchev–Trinajstić information content (AvgIpc) is 3.28. The number of fused-ring (bicyclic) bond motifs is 1. The quantitative estimate of drug-likeness (QED) is 0.175. The van der Waals surface area contributed by atoms with Crippen LogP contribution >= 0.6 is 11.3 Å². The van der Waals surface area contributed by atoms with E-state index in [9.17, 15) is 26.7 Å². The van der Waals surface area contributed by atoms with E-state index in [1.807, 2.05) is 11.9 Å². The summed E-state index contributed by atoms with van der Waals surface area (Å²) in [6.45, 7) is 7.43. The molecule has 0 aliphatic carbocycles. The van der Waals surface area contributed by atoms with E-state index in [4.69, 9.17) is 11.3 Å². The summed E-state index contributed by atoms with van der Waals surface area (Å²) < 4.78 is 75.8. The monoisotopic (exact) mass is 605 g/mol. The number of likely N-dealkylation sites (tertiary alicyclic amines) is 1. The predicted octanol–water partition coefficient (Wildman–Crippen LogP) is 5.68. The standard InChI is InChI=1S/C29H28F5N5O2S/c1-35-16-41-25-12-18(28(40)36-2)20(30)13-24(25)37-10-5-8-26-19(14-29(32,33)34)17-6-4-7-23(27(17)42-26)38-22-9-11-39(3)15-21(22)31/h4,6-7,12-13,21-22,37-38H,9-11,14-16H2,2-3H3,(H,36,40). The number of piperidine rings is 1. The van der Waals surface area contributed by atoms with Gasteiger partial charge in [0.1, 0.15) is 12.0 Å². The molecule has 1 fully saturated rings. The van der Waals surface area contributed by atoms with Crippen LogP contribution in [0.3, 0.4) is 0 Å². The lowest BCUT2D eigenvalue weighted by atomic mass is 10.0. The van der Waals surface area contributed by atoms with Crippen LogP contribution in [0.1, 0.15) is 27.2 Å². The molecule has 1 aliphatic heterocycles. The van der Waals surface area contributed by atoms with Gasteiger partial charge in [-0.1, -0.05) is 24.0 Å². The van der Waals surface area contributed by atoms with E-state index in [0.29, 0.717) is 28.7 Å². The first-order valence-electron chi connectivity index (χ1n) is 13.0. The van der Waals surface area contributed by atoms with Gasteiger partial charge in [-0.15, -0.1) is 11.3 Å². The first-order valence-corrected chi connectivity index (χ1v) is 13.8. The summed E-state index contributed by atoms with van der Waals surface area (Å²) in [6, 6.07) is 6.68. The zero-order valence-electron chi connectivity index (χ0n) is 22.8. The smallest absolute Gasteiger partial charge is 0.393 e. The topological polar surface area (TPSA) is 70.0 Å². The van der Waals surface area contributed by atoms with Crippen LogP contribution in [0.25, 0.3) is 14.9 Å². The van der Waals surface area contributed by atoms with Crippen LogP contribution < -0.4 is 20.7 Å². The van der Waals surface area contributed by atoms with Crippen molar-refractivity contribution in [3.8, 4) is 17.6 Å². The minimum atomic E-state index is -4.48. The summed E-state index contributed by atoms with van der Waals surface area (Å²) in [5.74, 6) is 4.12. The first kappa shape index (κ1) is 30.9. The number of nitrogens with one attached hydrogen (secondary N) is 3. The van der Waals surface area contributed by atoms with Crippen LogP contribution in [0.5, 0.6) is 5.75 Å². The fourth-order valence-electron chi connectivity index (χ4n) is 4.67. The Morgan fingerprint density at radius 1 is 1.29 bits per heavy atom. The van der Waals surface area contributed by atoms with Crippen molar-refractivity contribution in [3.63, 3.8) is 0 Å². The van der Waals surface area contributed by atoms with Gasteiger partial charge < -0.3 is 25.6 Å². The molecule has 2 atom stereocenters. The highest BCUT2D eigenvalue weighted by molar-refractivity contribution is 7.20. The molecule has 7 nitrogen and oxygen atoms in total. The molecule has 1 saturated heterocycles. The second-order valence-corrected chi connectivity index (χ2v) is 10.7. The Morgan fingerprint density at radius 3 is 2.76 bits per heavy atom. The molecule has 1 amide bonds.